The lowest BCUT2D eigenvalue weighted by molar-refractivity contribution is 0.328. The summed E-state index contributed by atoms with van der Waals surface area (Å²) in [5, 5.41) is 3.65. The average molecular weight is 235 g/mol. The van der Waals surface area contributed by atoms with E-state index < -0.39 is 0 Å². The number of furan rings is 1. The highest BCUT2D eigenvalue weighted by Crippen LogP contribution is 2.34. The van der Waals surface area contributed by atoms with Crippen LogP contribution in [0.25, 0.3) is 0 Å². The highest BCUT2D eigenvalue weighted by atomic mass is 16.3. The third-order valence-corrected chi connectivity index (χ3v) is 3.91. The zero-order chi connectivity index (χ0) is 12.1. The van der Waals surface area contributed by atoms with Crippen molar-refractivity contribution in [1.82, 2.24) is 5.32 Å². The molecule has 1 aliphatic rings. The molecule has 1 heterocycles. The van der Waals surface area contributed by atoms with Crippen LogP contribution >= 0.6 is 0 Å². The molecule has 0 aromatic carbocycles. The van der Waals surface area contributed by atoms with Crippen LogP contribution in [-0.2, 0) is 0 Å². The SMILES string of the molecule is CCNC(c1coc(C)c1)C1CCCCCC1. The van der Waals surface area contributed by atoms with Crippen molar-refractivity contribution < 1.29 is 4.42 Å². The van der Waals surface area contributed by atoms with E-state index in [9.17, 15) is 0 Å². The van der Waals surface area contributed by atoms with Crippen LogP contribution in [-0.4, -0.2) is 6.54 Å². The van der Waals surface area contributed by atoms with Crippen molar-refractivity contribution in [3.05, 3.63) is 23.7 Å². The molecule has 1 aliphatic carbocycles. The molecule has 0 saturated heterocycles. The van der Waals surface area contributed by atoms with Gasteiger partial charge in [0.1, 0.15) is 5.76 Å². The Morgan fingerprint density at radius 2 is 2.00 bits per heavy atom. The molecule has 2 heteroatoms. The Balaban J connectivity index is 2.09. The lowest BCUT2D eigenvalue weighted by Crippen LogP contribution is -2.27. The molecule has 0 spiro atoms. The first-order valence-corrected chi connectivity index (χ1v) is 7.09. The fourth-order valence-electron chi connectivity index (χ4n) is 3.05. The third-order valence-electron chi connectivity index (χ3n) is 3.91. The Bertz CT molecular complexity index is 323. The van der Waals surface area contributed by atoms with Crippen molar-refractivity contribution in [3.8, 4) is 0 Å². The smallest absolute Gasteiger partial charge is 0.101 e. The molecule has 96 valence electrons. The van der Waals surface area contributed by atoms with Gasteiger partial charge in [-0.25, -0.2) is 0 Å². The van der Waals surface area contributed by atoms with Crippen LogP contribution in [0.1, 0.15) is 62.8 Å². The lowest BCUT2D eigenvalue weighted by Gasteiger charge is -2.26. The molecule has 2 rings (SSSR count). The molecule has 0 bridgehead atoms. The number of aryl methyl sites for hydroxylation is 1. The van der Waals surface area contributed by atoms with Crippen LogP contribution in [0.4, 0.5) is 0 Å². The van der Waals surface area contributed by atoms with Crippen LogP contribution in [0.15, 0.2) is 16.7 Å². The third kappa shape index (κ3) is 3.35. The minimum absolute atomic E-state index is 0.496. The molecule has 17 heavy (non-hydrogen) atoms. The van der Waals surface area contributed by atoms with Crippen LogP contribution in [0, 0.1) is 12.8 Å². The molecule has 1 fully saturated rings. The summed E-state index contributed by atoms with van der Waals surface area (Å²) in [4.78, 5) is 0. The largest absolute Gasteiger partial charge is 0.469 e. The Kier molecular flexibility index (Phi) is 4.66. The summed E-state index contributed by atoms with van der Waals surface area (Å²) in [5.41, 5.74) is 1.34. The van der Waals surface area contributed by atoms with E-state index in [-0.39, 0.29) is 0 Å². The van der Waals surface area contributed by atoms with Crippen molar-refractivity contribution in [2.45, 2.75) is 58.4 Å². The van der Waals surface area contributed by atoms with Crippen molar-refractivity contribution in [2.24, 2.45) is 5.92 Å². The van der Waals surface area contributed by atoms with Gasteiger partial charge in [-0.2, -0.15) is 0 Å². The second kappa shape index (κ2) is 6.25. The molecular weight excluding hydrogens is 210 g/mol. The zero-order valence-corrected chi connectivity index (χ0v) is 11.2. The van der Waals surface area contributed by atoms with Gasteiger partial charge in [-0.05, 0) is 38.3 Å². The summed E-state index contributed by atoms with van der Waals surface area (Å²) < 4.78 is 5.47. The van der Waals surface area contributed by atoms with E-state index in [2.05, 4.69) is 18.3 Å². The Labute approximate surface area is 105 Å². The van der Waals surface area contributed by atoms with E-state index in [0.717, 1.165) is 18.2 Å². The fourth-order valence-corrected chi connectivity index (χ4v) is 3.05. The van der Waals surface area contributed by atoms with E-state index in [4.69, 9.17) is 4.42 Å². The van der Waals surface area contributed by atoms with Gasteiger partial charge >= 0.3 is 0 Å². The molecule has 1 aromatic heterocycles. The first kappa shape index (κ1) is 12.7. The predicted octanol–water partition coefficient (Wildman–Crippen LogP) is 4.21. The maximum Gasteiger partial charge on any atom is 0.101 e. The van der Waals surface area contributed by atoms with E-state index in [1.54, 1.807) is 0 Å². The van der Waals surface area contributed by atoms with Crippen molar-refractivity contribution in [1.29, 1.82) is 0 Å². The minimum atomic E-state index is 0.496. The fraction of sp³-hybridized carbons (Fsp3) is 0.733. The van der Waals surface area contributed by atoms with Gasteiger partial charge in [0, 0.05) is 11.6 Å². The quantitative estimate of drug-likeness (QED) is 0.791. The molecule has 1 unspecified atom stereocenters. The summed E-state index contributed by atoms with van der Waals surface area (Å²) in [6.45, 7) is 5.25. The Morgan fingerprint density at radius 3 is 2.53 bits per heavy atom. The van der Waals surface area contributed by atoms with Crippen LogP contribution in [0.2, 0.25) is 0 Å². The first-order valence-electron chi connectivity index (χ1n) is 7.09. The Hall–Kier alpha value is -0.760. The van der Waals surface area contributed by atoms with E-state index in [0.29, 0.717) is 6.04 Å². The van der Waals surface area contributed by atoms with E-state index >= 15 is 0 Å². The van der Waals surface area contributed by atoms with E-state index in [1.165, 1.54) is 44.1 Å². The lowest BCUT2D eigenvalue weighted by atomic mass is 9.88. The standard InChI is InChI=1S/C15H25NO/c1-3-16-15(14-10-12(2)17-11-14)13-8-6-4-5-7-9-13/h10-11,13,15-16H,3-9H2,1-2H3. The second-order valence-corrected chi connectivity index (χ2v) is 5.28. The second-order valence-electron chi connectivity index (χ2n) is 5.28. The topological polar surface area (TPSA) is 25.2 Å². The van der Waals surface area contributed by atoms with Gasteiger partial charge in [0.05, 0.1) is 6.26 Å². The molecular formula is C15H25NO. The van der Waals surface area contributed by atoms with Gasteiger partial charge in [-0.1, -0.05) is 32.6 Å². The summed E-state index contributed by atoms with van der Waals surface area (Å²) in [6.07, 6.45) is 10.3. The van der Waals surface area contributed by atoms with Gasteiger partial charge in [0.15, 0.2) is 0 Å². The zero-order valence-electron chi connectivity index (χ0n) is 11.2. The summed E-state index contributed by atoms with van der Waals surface area (Å²) in [7, 11) is 0. The highest BCUT2D eigenvalue weighted by Gasteiger charge is 2.24. The maximum atomic E-state index is 5.47. The molecule has 1 saturated carbocycles. The predicted molar refractivity (Wildman–Crippen MR) is 71.1 cm³/mol. The van der Waals surface area contributed by atoms with Gasteiger partial charge < -0.3 is 9.73 Å². The molecule has 0 aliphatic heterocycles. The minimum Gasteiger partial charge on any atom is -0.469 e. The summed E-state index contributed by atoms with van der Waals surface area (Å²) >= 11 is 0. The monoisotopic (exact) mass is 235 g/mol. The summed E-state index contributed by atoms with van der Waals surface area (Å²) in [6, 6.07) is 2.69. The first-order chi connectivity index (χ1) is 8.31. The molecule has 1 atom stereocenters. The Morgan fingerprint density at radius 1 is 1.29 bits per heavy atom. The van der Waals surface area contributed by atoms with Gasteiger partial charge in [0.2, 0.25) is 0 Å². The maximum absolute atomic E-state index is 5.47. The number of nitrogens with one attached hydrogen (secondary N) is 1. The van der Waals surface area contributed by atoms with Crippen molar-refractivity contribution in [2.75, 3.05) is 6.54 Å². The van der Waals surface area contributed by atoms with Crippen molar-refractivity contribution >= 4 is 0 Å². The van der Waals surface area contributed by atoms with Crippen LogP contribution in [0.3, 0.4) is 0 Å². The normalized spacial score (nSPS) is 20.1. The molecule has 1 N–H and O–H groups in total. The van der Waals surface area contributed by atoms with Gasteiger partial charge in [-0.15, -0.1) is 0 Å². The summed E-state index contributed by atoms with van der Waals surface area (Å²) in [5.74, 6) is 1.81. The highest BCUT2D eigenvalue weighted by molar-refractivity contribution is 5.17. The molecule has 0 amide bonds. The van der Waals surface area contributed by atoms with Crippen LogP contribution < -0.4 is 5.32 Å². The van der Waals surface area contributed by atoms with Gasteiger partial charge in [-0.3, -0.25) is 0 Å². The number of hydrogen-bond donors (Lipinski definition) is 1. The number of rotatable bonds is 4. The molecule has 1 aromatic rings. The van der Waals surface area contributed by atoms with Crippen molar-refractivity contribution in [3.63, 3.8) is 0 Å². The van der Waals surface area contributed by atoms with Crippen LogP contribution in [0.5, 0.6) is 0 Å². The number of hydrogen-bond acceptors (Lipinski definition) is 2. The van der Waals surface area contributed by atoms with E-state index in [1.807, 2.05) is 13.2 Å². The molecule has 2 nitrogen and oxygen atoms in total. The van der Waals surface area contributed by atoms with Gasteiger partial charge in [0.25, 0.3) is 0 Å². The molecule has 0 radical (unpaired) electrons. The average Bonchev–Trinajstić information content (AvgIpc) is 2.60.